The summed E-state index contributed by atoms with van der Waals surface area (Å²) in [6.45, 7) is 2.95. The first-order valence-electron chi connectivity index (χ1n) is 6.43. The molecule has 0 aliphatic heterocycles. The lowest BCUT2D eigenvalue weighted by molar-refractivity contribution is 0.581. The maximum atomic E-state index is 12.5. The first-order valence-corrected chi connectivity index (χ1v) is 9.65. The van der Waals surface area contributed by atoms with Crippen molar-refractivity contribution in [2.24, 2.45) is 0 Å². The molecule has 0 saturated carbocycles. The Kier molecular flexibility index (Phi) is 5.74. The van der Waals surface area contributed by atoms with E-state index in [-0.39, 0.29) is 11.4 Å². The van der Waals surface area contributed by atoms with Crippen LogP contribution in [0.15, 0.2) is 38.5 Å². The van der Waals surface area contributed by atoms with Crippen molar-refractivity contribution >= 4 is 43.1 Å². The Labute approximate surface area is 137 Å². The molecule has 2 N–H and O–H groups in total. The third-order valence-corrected chi connectivity index (χ3v) is 5.28. The third-order valence-electron chi connectivity index (χ3n) is 2.70. The lowest BCUT2D eigenvalue weighted by atomic mass is 10.4. The second-order valence-corrected chi connectivity index (χ2v) is 7.81. The number of nitrogens with zero attached hydrogens (tertiary/aromatic N) is 1. The lowest BCUT2D eigenvalue weighted by Crippen LogP contribution is -2.24. The van der Waals surface area contributed by atoms with Gasteiger partial charge in [-0.3, -0.25) is 0 Å². The van der Waals surface area contributed by atoms with Crippen molar-refractivity contribution in [3.8, 4) is 0 Å². The molecular formula is C13H16BrN3O2S2. The topological polar surface area (TPSA) is 71.1 Å². The molecule has 2 heterocycles. The van der Waals surface area contributed by atoms with Crippen molar-refractivity contribution in [3.63, 3.8) is 0 Å². The number of nitrogens with one attached hydrogen (secondary N) is 2. The SMILES string of the molecule is CCCNc1ncc(Br)cc1S(=O)(=O)NCc1ccsc1. The summed E-state index contributed by atoms with van der Waals surface area (Å²) >= 11 is 4.80. The van der Waals surface area contributed by atoms with Crippen LogP contribution in [-0.4, -0.2) is 19.9 Å². The summed E-state index contributed by atoms with van der Waals surface area (Å²) in [6.07, 6.45) is 2.47. The Morgan fingerprint density at radius 3 is 2.90 bits per heavy atom. The van der Waals surface area contributed by atoms with Gasteiger partial charge in [-0.15, -0.1) is 0 Å². The minimum Gasteiger partial charge on any atom is -0.369 e. The fourth-order valence-corrected chi connectivity index (χ4v) is 3.98. The van der Waals surface area contributed by atoms with Gasteiger partial charge in [-0.25, -0.2) is 18.1 Å². The van der Waals surface area contributed by atoms with Gasteiger partial charge >= 0.3 is 0 Å². The van der Waals surface area contributed by atoms with Crippen LogP contribution in [0.1, 0.15) is 18.9 Å². The number of thiophene rings is 1. The monoisotopic (exact) mass is 389 g/mol. The molecular weight excluding hydrogens is 374 g/mol. The number of aromatic nitrogens is 1. The average Bonchev–Trinajstić information content (AvgIpc) is 2.97. The molecule has 0 aliphatic rings. The minimum atomic E-state index is -3.62. The van der Waals surface area contributed by atoms with Gasteiger partial charge in [0, 0.05) is 23.8 Å². The summed E-state index contributed by atoms with van der Waals surface area (Å²) in [7, 11) is -3.62. The van der Waals surface area contributed by atoms with Gasteiger partial charge < -0.3 is 5.32 Å². The lowest BCUT2D eigenvalue weighted by Gasteiger charge is -2.12. The highest BCUT2D eigenvalue weighted by atomic mass is 79.9. The molecule has 0 aliphatic carbocycles. The van der Waals surface area contributed by atoms with Crippen molar-refractivity contribution < 1.29 is 8.42 Å². The molecule has 0 radical (unpaired) electrons. The van der Waals surface area contributed by atoms with E-state index in [1.54, 1.807) is 12.3 Å². The van der Waals surface area contributed by atoms with Gasteiger partial charge in [-0.2, -0.15) is 11.3 Å². The summed E-state index contributed by atoms with van der Waals surface area (Å²) in [6, 6.07) is 3.45. The zero-order valence-electron chi connectivity index (χ0n) is 11.5. The van der Waals surface area contributed by atoms with Crippen molar-refractivity contribution in [1.29, 1.82) is 0 Å². The standard InChI is InChI=1S/C13H16BrN3O2S2/c1-2-4-15-13-12(6-11(14)8-16-13)21(18,19)17-7-10-3-5-20-9-10/h3,5-6,8-9,17H,2,4,7H2,1H3,(H,15,16). The Bertz CT molecular complexity index is 687. The van der Waals surface area contributed by atoms with E-state index >= 15 is 0 Å². The van der Waals surface area contributed by atoms with E-state index in [2.05, 4.69) is 31.0 Å². The highest BCUT2D eigenvalue weighted by Gasteiger charge is 2.20. The molecule has 0 unspecified atom stereocenters. The van der Waals surface area contributed by atoms with Gasteiger partial charge in [0.25, 0.3) is 0 Å². The fourth-order valence-electron chi connectivity index (χ4n) is 1.65. The quantitative estimate of drug-likeness (QED) is 0.762. The first-order chi connectivity index (χ1) is 10.0. The smallest absolute Gasteiger partial charge is 0.244 e. The van der Waals surface area contributed by atoms with Crippen LogP contribution in [0.25, 0.3) is 0 Å². The molecule has 0 amide bonds. The predicted octanol–water partition coefficient (Wildman–Crippen LogP) is 3.21. The average molecular weight is 390 g/mol. The zero-order chi connectivity index (χ0) is 15.3. The number of pyridine rings is 1. The van der Waals surface area contributed by atoms with Crippen LogP contribution in [0.2, 0.25) is 0 Å². The molecule has 21 heavy (non-hydrogen) atoms. The molecule has 2 aromatic heterocycles. The van der Waals surface area contributed by atoms with E-state index in [4.69, 9.17) is 0 Å². The largest absolute Gasteiger partial charge is 0.369 e. The molecule has 0 atom stereocenters. The van der Waals surface area contributed by atoms with E-state index in [0.717, 1.165) is 12.0 Å². The van der Waals surface area contributed by atoms with Gasteiger partial charge in [0.1, 0.15) is 10.7 Å². The zero-order valence-corrected chi connectivity index (χ0v) is 14.7. The minimum absolute atomic E-state index is 0.153. The van der Waals surface area contributed by atoms with Gasteiger partial charge in [0.15, 0.2) is 0 Å². The van der Waals surface area contributed by atoms with E-state index in [9.17, 15) is 8.42 Å². The number of hydrogen-bond acceptors (Lipinski definition) is 5. The molecule has 2 aromatic rings. The van der Waals surface area contributed by atoms with Crippen molar-refractivity contribution in [2.45, 2.75) is 24.8 Å². The van der Waals surface area contributed by atoms with Gasteiger partial charge in [0.2, 0.25) is 10.0 Å². The molecule has 8 heteroatoms. The Hall–Kier alpha value is -0.960. The third kappa shape index (κ3) is 4.50. The van der Waals surface area contributed by atoms with Gasteiger partial charge in [-0.05, 0) is 50.8 Å². The van der Waals surface area contributed by atoms with Crippen LogP contribution >= 0.6 is 27.3 Å². The Balaban J connectivity index is 2.23. The number of hydrogen-bond donors (Lipinski definition) is 2. The number of rotatable bonds is 7. The van der Waals surface area contributed by atoms with Crippen LogP contribution in [0.3, 0.4) is 0 Å². The summed E-state index contributed by atoms with van der Waals surface area (Å²) in [5.41, 5.74) is 0.939. The molecule has 114 valence electrons. The normalized spacial score (nSPS) is 11.5. The maximum absolute atomic E-state index is 12.5. The number of anilines is 1. The molecule has 0 spiro atoms. The number of sulfonamides is 1. The maximum Gasteiger partial charge on any atom is 0.244 e. The van der Waals surface area contributed by atoms with Crippen molar-refractivity contribution in [1.82, 2.24) is 9.71 Å². The van der Waals surface area contributed by atoms with Gasteiger partial charge in [-0.1, -0.05) is 6.92 Å². The summed E-state index contributed by atoms with van der Waals surface area (Å²) < 4.78 is 28.1. The fraction of sp³-hybridized carbons (Fsp3) is 0.308. The second kappa shape index (κ2) is 7.35. The van der Waals surface area contributed by atoms with E-state index < -0.39 is 10.0 Å². The predicted molar refractivity (Wildman–Crippen MR) is 89.1 cm³/mol. The molecule has 0 aromatic carbocycles. The van der Waals surface area contributed by atoms with Crippen molar-refractivity contribution in [3.05, 3.63) is 39.1 Å². The van der Waals surface area contributed by atoms with E-state index in [1.807, 2.05) is 23.8 Å². The van der Waals surface area contributed by atoms with Crippen LogP contribution in [0.4, 0.5) is 5.82 Å². The molecule has 0 bridgehead atoms. The highest BCUT2D eigenvalue weighted by Crippen LogP contribution is 2.23. The summed E-state index contributed by atoms with van der Waals surface area (Å²) in [5.74, 6) is 0.373. The van der Waals surface area contributed by atoms with E-state index in [0.29, 0.717) is 16.8 Å². The van der Waals surface area contributed by atoms with E-state index in [1.165, 1.54) is 11.3 Å². The van der Waals surface area contributed by atoms with Crippen molar-refractivity contribution in [2.75, 3.05) is 11.9 Å². The van der Waals surface area contributed by atoms with Crippen LogP contribution in [-0.2, 0) is 16.6 Å². The Morgan fingerprint density at radius 1 is 1.43 bits per heavy atom. The number of halogens is 1. The highest BCUT2D eigenvalue weighted by molar-refractivity contribution is 9.10. The molecule has 0 fully saturated rings. The summed E-state index contributed by atoms with van der Waals surface area (Å²) in [5, 5.41) is 6.87. The van der Waals surface area contributed by atoms with Crippen LogP contribution < -0.4 is 10.0 Å². The second-order valence-electron chi connectivity index (χ2n) is 4.38. The molecule has 0 saturated heterocycles. The molecule has 2 rings (SSSR count). The molecule has 5 nitrogen and oxygen atoms in total. The van der Waals surface area contributed by atoms with Crippen LogP contribution in [0.5, 0.6) is 0 Å². The first kappa shape index (κ1) is 16.4. The van der Waals surface area contributed by atoms with Gasteiger partial charge in [0.05, 0.1) is 0 Å². The summed E-state index contributed by atoms with van der Waals surface area (Å²) in [4.78, 5) is 4.31. The van der Waals surface area contributed by atoms with Crippen LogP contribution in [0, 0.1) is 0 Å². The Morgan fingerprint density at radius 2 is 2.24 bits per heavy atom.